The van der Waals surface area contributed by atoms with Gasteiger partial charge in [-0.25, -0.2) is 4.79 Å². The minimum absolute atomic E-state index is 0.0410. The maximum atomic E-state index is 13.4. The number of para-hydroxylation sites is 1. The van der Waals surface area contributed by atoms with Crippen LogP contribution in [0.25, 0.3) is 5.70 Å². The second-order valence-electron chi connectivity index (χ2n) is 7.82. The number of dihydropyridines is 1. The molecule has 8 nitrogen and oxygen atoms in total. The lowest BCUT2D eigenvalue weighted by Gasteiger charge is -2.29. The first-order chi connectivity index (χ1) is 16.0. The van der Waals surface area contributed by atoms with Crippen LogP contribution in [0.4, 0.5) is 5.69 Å². The van der Waals surface area contributed by atoms with Crippen molar-refractivity contribution in [3.05, 3.63) is 92.2 Å². The van der Waals surface area contributed by atoms with Gasteiger partial charge in [0.15, 0.2) is 5.78 Å². The van der Waals surface area contributed by atoms with E-state index in [0.29, 0.717) is 34.7 Å². The molecular formula is C25H24N2O6. The van der Waals surface area contributed by atoms with Gasteiger partial charge in [-0.2, -0.15) is 0 Å². The first kappa shape index (κ1) is 22.4. The maximum absolute atomic E-state index is 13.4. The maximum Gasteiger partial charge on any atom is 0.336 e. The molecule has 2 aliphatic rings. The third-order valence-electron chi connectivity index (χ3n) is 5.72. The minimum atomic E-state index is -0.938. The van der Waals surface area contributed by atoms with Gasteiger partial charge in [-0.3, -0.25) is 14.9 Å². The summed E-state index contributed by atoms with van der Waals surface area (Å²) in [6, 6.07) is 13.3. The lowest BCUT2D eigenvalue weighted by Crippen LogP contribution is -2.30. The van der Waals surface area contributed by atoms with E-state index in [0.717, 1.165) is 6.42 Å². The van der Waals surface area contributed by atoms with E-state index in [4.69, 9.17) is 9.47 Å². The zero-order valence-electron chi connectivity index (χ0n) is 18.4. The number of Topliss-reactive ketones (excluding diaryl/α,β-unsaturated/α-hetero) is 1. The Morgan fingerprint density at radius 3 is 2.48 bits per heavy atom. The lowest BCUT2D eigenvalue weighted by molar-refractivity contribution is -0.385. The molecule has 1 aliphatic heterocycles. The second kappa shape index (κ2) is 9.38. The Morgan fingerprint density at radius 2 is 1.76 bits per heavy atom. The van der Waals surface area contributed by atoms with Crippen LogP contribution in [0.5, 0.6) is 0 Å². The SMILES string of the molecule is CCCOCCOC(=O)C1=C(C)NC2=C(C(=O)c3ccccc32)C1c1ccccc1[N+](=O)[O-]. The Labute approximate surface area is 191 Å². The molecule has 0 aromatic heterocycles. The molecule has 8 heteroatoms. The van der Waals surface area contributed by atoms with Gasteiger partial charge in [0, 0.05) is 40.6 Å². The minimum Gasteiger partial charge on any atom is -0.460 e. The van der Waals surface area contributed by atoms with Crippen molar-refractivity contribution in [1.29, 1.82) is 0 Å². The number of ether oxygens (including phenoxy) is 2. The average Bonchev–Trinajstić information content (AvgIpc) is 3.09. The van der Waals surface area contributed by atoms with Crippen molar-refractivity contribution in [1.82, 2.24) is 5.32 Å². The number of nitrogens with zero attached hydrogens (tertiary/aromatic N) is 1. The van der Waals surface area contributed by atoms with E-state index >= 15 is 0 Å². The van der Waals surface area contributed by atoms with Gasteiger partial charge >= 0.3 is 5.97 Å². The second-order valence-corrected chi connectivity index (χ2v) is 7.82. The predicted octanol–water partition coefficient (Wildman–Crippen LogP) is 4.13. The molecular weight excluding hydrogens is 424 g/mol. The fourth-order valence-electron chi connectivity index (χ4n) is 4.33. The number of benzene rings is 2. The number of nitro benzene ring substituents is 1. The summed E-state index contributed by atoms with van der Waals surface area (Å²) in [5.74, 6) is -1.84. The fourth-order valence-corrected chi connectivity index (χ4v) is 4.33. The van der Waals surface area contributed by atoms with Crippen LogP contribution in [-0.2, 0) is 14.3 Å². The van der Waals surface area contributed by atoms with Crippen LogP contribution in [0.3, 0.4) is 0 Å². The molecule has 0 spiro atoms. The van der Waals surface area contributed by atoms with Crippen LogP contribution in [0.2, 0.25) is 0 Å². The number of carbonyl (C=O) groups is 2. The van der Waals surface area contributed by atoms with Crippen LogP contribution < -0.4 is 5.32 Å². The van der Waals surface area contributed by atoms with Gasteiger partial charge in [0.05, 0.1) is 28.7 Å². The Hall–Kier alpha value is -3.78. The molecule has 170 valence electrons. The number of hydrogen-bond acceptors (Lipinski definition) is 7. The Kier molecular flexibility index (Phi) is 6.37. The first-order valence-corrected chi connectivity index (χ1v) is 10.8. The zero-order chi connectivity index (χ0) is 23.5. The molecule has 0 fully saturated rings. The topological polar surface area (TPSA) is 108 Å². The molecule has 1 atom stereocenters. The lowest BCUT2D eigenvalue weighted by atomic mass is 9.79. The smallest absolute Gasteiger partial charge is 0.336 e. The Bertz CT molecular complexity index is 1200. The summed E-state index contributed by atoms with van der Waals surface area (Å²) in [6.45, 7) is 4.53. The van der Waals surface area contributed by atoms with Gasteiger partial charge in [0.1, 0.15) is 6.61 Å². The molecule has 1 N–H and O–H groups in total. The van der Waals surface area contributed by atoms with E-state index in [1.807, 2.05) is 19.1 Å². The quantitative estimate of drug-likeness (QED) is 0.280. The number of ketones is 1. The van der Waals surface area contributed by atoms with Crippen LogP contribution in [0.15, 0.2) is 65.4 Å². The van der Waals surface area contributed by atoms with E-state index in [2.05, 4.69) is 5.32 Å². The van der Waals surface area contributed by atoms with Crippen LogP contribution >= 0.6 is 0 Å². The van der Waals surface area contributed by atoms with Crippen molar-refractivity contribution in [2.45, 2.75) is 26.2 Å². The first-order valence-electron chi connectivity index (χ1n) is 10.8. The highest BCUT2D eigenvalue weighted by molar-refractivity contribution is 6.23. The average molecular weight is 448 g/mol. The number of nitrogens with one attached hydrogen (secondary N) is 1. The summed E-state index contributed by atoms with van der Waals surface area (Å²) >= 11 is 0. The molecule has 1 heterocycles. The molecule has 33 heavy (non-hydrogen) atoms. The summed E-state index contributed by atoms with van der Waals surface area (Å²) in [7, 11) is 0. The van der Waals surface area contributed by atoms with E-state index < -0.39 is 16.8 Å². The number of rotatable bonds is 8. The molecule has 4 rings (SSSR count). The van der Waals surface area contributed by atoms with E-state index in [1.165, 1.54) is 6.07 Å². The highest BCUT2D eigenvalue weighted by atomic mass is 16.6. The molecule has 0 saturated carbocycles. The van der Waals surface area contributed by atoms with Crippen molar-refractivity contribution in [2.24, 2.45) is 0 Å². The summed E-state index contributed by atoms with van der Waals surface area (Å²) < 4.78 is 10.8. The van der Waals surface area contributed by atoms with Crippen molar-refractivity contribution in [3.63, 3.8) is 0 Å². The van der Waals surface area contributed by atoms with Gasteiger partial charge < -0.3 is 14.8 Å². The third-order valence-corrected chi connectivity index (χ3v) is 5.72. The number of esters is 1. The number of nitro groups is 1. The van der Waals surface area contributed by atoms with Gasteiger partial charge in [-0.1, -0.05) is 49.4 Å². The zero-order valence-corrected chi connectivity index (χ0v) is 18.4. The van der Waals surface area contributed by atoms with Crippen molar-refractivity contribution >= 4 is 23.1 Å². The highest BCUT2D eigenvalue weighted by Gasteiger charge is 2.44. The van der Waals surface area contributed by atoms with E-state index in [9.17, 15) is 19.7 Å². The largest absolute Gasteiger partial charge is 0.460 e. The molecule has 2 aromatic carbocycles. The van der Waals surface area contributed by atoms with Gasteiger partial charge in [0.25, 0.3) is 5.69 Å². The normalized spacial score (nSPS) is 16.9. The Morgan fingerprint density at radius 1 is 1.06 bits per heavy atom. The summed E-state index contributed by atoms with van der Waals surface area (Å²) in [5, 5.41) is 15.0. The standard InChI is InChI=1S/C25H24N2O6/c1-3-12-32-13-14-33-25(29)20-15(2)26-23-16-8-4-5-9-17(16)24(28)22(23)21(20)18-10-6-7-11-19(18)27(30)31/h4-11,21,26H,3,12-14H2,1-2H3. The predicted molar refractivity (Wildman–Crippen MR) is 121 cm³/mol. The van der Waals surface area contributed by atoms with Crippen LogP contribution in [-0.4, -0.2) is 36.5 Å². The van der Waals surface area contributed by atoms with Gasteiger partial charge in [-0.05, 0) is 13.3 Å². The summed E-state index contributed by atoms with van der Waals surface area (Å²) in [4.78, 5) is 38.0. The van der Waals surface area contributed by atoms with Gasteiger partial charge in [0.2, 0.25) is 0 Å². The van der Waals surface area contributed by atoms with Crippen LogP contribution in [0, 0.1) is 10.1 Å². The number of allylic oxidation sites excluding steroid dienone is 2. The molecule has 0 saturated heterocycles. The molecule has 2 aromatic rings. The third kappa shape index (κ3) is 4.05. The van der Waals surface area contributed by atoms with Crippen LogP contribution in [0.1, 0.15) is 47.7 Å². The summed E-state index contributed by atoms with van der Waals surface area (Å²) in [5.41, 5.74) is 2.86. The Balaban J connectivity index is 1.79. The van der Waals surface area contributed by atoms with Crippen molar-refractivity contribution in [3.8, 4) is 0 Å². The number of hydrogen-bond donors (Lipinski definition) is 1. The van der Waals surface area contributed by atoms with Crippen molar-refractivity contribution < 1.29 is 24.0 Å². The molecule has 0 bridgehead atoms. The van der Waals surface area contributed by atoms with E-state index in [1.54, 1.807) is 37.3 Å². The number of fused-ring (bicyclic) bond motifs is 2. The van der Waals surface area contributed by atoms with Crippen molar-refractivity contribution in [2.75, 3.05) is 19.8 Å². The highest BCUT2D eigenvalue weighted by Crippen LogP contribution is 2.48. The number of carbonyl (C=O) groups excluding carboxylic acids is 2. The van der Waals surface area contributed by atoms with Gasteiger partial charge in [-0.15, -0.1) is 0 Å². The molecule has 0 amide bonds. The molecule has 1 aliphatic carbocycles. The molecule has 1 unspecified atom stereocenters. The molecule has 0 radical (unpaired) electrons. The monoisotopic (exact) mass is 448 g/mol. The van der Waals surface area contributed by atoms with E-state index in [-0.39, 0.29) is 35.8 Å². The summed E-state index contributed by atoms with van der Waals surface area (Å²) in [6.07, 6.45) is 0.849. The fraction of sp³-hybridized carbons (Fsp3) is 0.280.